The summed E-state index contributed by atoms with van der Waals surface area (Å²) in [6.07, 6.45) is 1.48. The highest BCUT2D eigenvalue weighted by atomic mass is 32.2. The summed E-state index contributed by atoms with van der Waals surface area (Å²) in [5, 5.41) is 2.90. The first-order valence-electron chi connectivity index (χ1n) is 6.92. The second-order valence-electron chi connectivity index (χ2n) is 5.61. The van der Waals surface area contributed by atoms with Crippen LogP contribution in [0.2, 0.25) is 0 Å². The lowest BCUT2D eigenvalue weighted by Crippen LogP contribution is -2.34. The van der Waals surface area contributed by atoms with E-state index in [1.165, 1.54) is 6.20 Å². The molecular formula is C14H25N3O2S. The van der Waals surface area contributed by atoms with Crippen molar-refractivity contribution in [1.29, 1.82) is 0 Å². The molecule has 6 heteroatoms. The Morgan fingerprint density at radius 2 is 1.80 bits per heavy atom. The van der Waals surface area contributed by atoms with Gasteiger partial charge in [0, 0.05) is 19.8 Å². The van der Waals surface area contributed by atoms with Gasteiger partial charge in [-0.25, -0.2) is 18.1 Å². The highest BCUT2D eigenvalue weighted by molar-refractivity contribution is 7.89. The molecule has 0 bridgehead atoms. The zero-order valence-electron chi connectivity index (χ0n) is 12.8. The van der Waals surface area contributed by atoms with Crippen LogP contribution in [0.25, 0.3) is 0 Å². The van der Waals surface area contributed by atoms with Crippen LogP contribution in [0.5, 0.6) is 0 Å². The van der Waals surface area contributed by atoms with E-state index in [1.807, 2.05) is 0 Å². The maximum atomic E-state index is 12.3. The number of anilines is 1. The van der Waals surface area contributed by atoms with E-state index in [0.29, 0.717) is 30.0 Å². The minimum absolute atomic E-state index is 0.0498. The van der Waals surface area contributed by atoms with E-state index in [-0.39, 0.29) is 5.03 Å². The van der Waals surface area contributed by atoms with E-state index < -0.39 is 10.0 Å². The lowest BCUT2D eigenvalue weighted by molar-refractivity contribution is 0.289. The van der Waals surface area contributed by atoms with Crippen LogP contribution in [-0.4, -0.2) is 27.0 Å². The Balaban J connectivity index is 2.90. The standard InChI is InChI=1S/C14H25N3O2S/c1-10(2)12(11(3)4)9-17-20(18,19)14-13(15-5)7-6-8-16-14/h6-8,10-12,15,17H,9H2,1-5H3. The Morgan fingerprint density at radius 3 is 2.30 bits per heavy atom. The molecule has 1 rings (SSSR count). The van der Waals surface area contributed by atoms with Crippen LogP contribution < -0.4 is 10.0 Å². The van der Waals surface area contributed by atoms with E-state index >= 15 is 0 Å². The number of sulfonamides is 1. The topological polar surface area (TPSA) is 71.1 Å². The second kappa shape index (κ2) is 7.04. The van der Waals surface area contributed by atoms with E-state index in [2.05, 4.69) is 42.7 Å². The molecule has 2 N–H and O–H groups in total. The largest absolute Gasteiger partial charge is 0.386 e. The number of nitrogens with zero attached hydrogens (tertiary/aromatic N) is 1. The van der Waals surface area contributed by atoms with Gasteiger partial charge < -0.3 is 5.32 Å². The summed E-state index contributed by atoms with van der Waals surface area (Å²) in [5.74, 6) is 1.14. The maximum absolute atomic E-state index is 12.3. The normalized spacial score (nSPS) is 12.4. The van der Waals surface area contributed by atoms with Gasteiger partial charge in [-0.15, -0.1) is 0 Å². The Hall–Kier alpha value is -1.14. The molecule has 0 saturated heterocycles. The minimum atomic E-state index is -3.59. The van der Waals surface area contributed by atoms with Crippen molar-refractivity contribution in [3.8, 4) is 0 Å². The number of rotatable bonds is 7. The van der Waals surface area contributed by atoms with Crippen LogP contribution in [0.3, 0.4) is 0 Å². The molecule has 0 atom stereocenters. The fraction of sp³-hybridized carbons (Fsp3) is 0.643. The number of hydrogen-bond acceptors (Lipinski definition) is 4. The van der Waals surface area contributed by atoms with Crippen molar-refractivity contribution in [2.24, 2.45) is 17.8 Å². The van der Waals surface area contributed by atoms with Gasteiger partial charge in [0.15, 0.2) is 5.03 Å². The Kier molecular flexibility index (Phi) is 5.95. The molecule has 0 amide bonds. The van der Waals surface area contributed by atoms with Gasteiger partial charge in [0.2, 0.25) is 0 Å². The van der Waals surface area contributed by atoms with Gasteiger partial charge in [-0.05, 0) is 29.9 Å². The Bertz CT molecular complexity index is 519. The fourth-order valence-corrected chi connectivity index (χ4v) is 3.52. The summed E-state index contributed by atoms with van der Waals surface area (Å²) in [6.45, 7) is 8.87. The summed E-state index contributed by atoms with van der Waals surface area (Å²) in [7, 11) is -1.91. The SMILES string of the molecule is CNc1cccnc1S(=O)(=O)NCC(C(C)C)C(C)C. The maximum Gasteiger partial charge on any atom is 0.260 e. The van der Waals surface area contributed by atoms with Crippen LogP contribution in [0, 0.1) is 17.8 Å². The molecular weight excluding hydrogens is 274 g/mol. The van der Waals surface area contributed by atoms with Gasteiger partial charge in [0.1, 0.15) is 0 Å². The molecule has 0 aliphatic carbocycles. The van der Waals surface area contributed by atoms with Crippen molar-refractivity contribution in [2.75, 3.05) is 18.9 Å². The molecule has 0 aromatic carbocycles. The predicted molar refractivity (Wildman–Crippen MR) is 82.1 cm³/mol. The number of hydrogen-bond donors (Lipinski definition) is 2. The van der Waals surface area contributed by atoms with Crippen molar-refractivity contribution in [2.45, 2.75) is 32.7 Å². The van der Waals surface area contributed by atoms with E-state index in [4.69, 9.17) is 0 Å². The van der Waals surface area contributed by atoms with Crippen LogP contribution in [0.4, 0.5) is 5.69 Å². The average Bonchev–Trinajstić information content (AvgIpc) is 2.37. The van der Waals surface area contributed by atoms with Crippen LogP contribution in [0.1, 0.15) is 27.7 Å². The zero-order chi connectivity index (χ0) is 15.3. The smallest absolute Gasteiger partial charge is 0.260 e. The summed E-state index contributed by atoms with van der Waals surface area (Å²) < 4.78 is 27.4. The van der Waals surface area contributed by atoms with E-state index in [0.717, 1.165) is 0 Å². The molecule has 114 valence electrons. The molecule has 0 aliphatic heterocycles. The van der Waals surface area contributed by atoms with Gasteiger partial charge in [-0.1, -0.05) is 27.7 Å². The minimum Gasteiger partial charge on any atom is -0.386 e. The lowest BCUT2D eigenvalue weighted by Gasteiger charge is -2.25. The van der Waals surface area contributed by atoms with Gasteiger partial charge >= 0.3 is 0 Å². The van der Waals surface area contributed by atoms with Crippen molar-refractivity contribution >= 4 is 15.7 Å². The van der Waals surface area contributed by atoms with Gasteiger partial charge in [-0.3, -0.25) is 0 Å². The Labute approximate surface area is 122 Å². The van der Waals surface area contributed by atoms with Crippen LogP contribution >= 0.6 is 0 Å². The average molecular weight is 299 g/mol. The van der Waals surface area contributed by atoms with Gasteiger partial charge in [-0.2, -0.15) is 0 Å². The molecule has 0 unspecified atom stereocenters. The van der Waals surface area contributed by atoms with E-state index in [9.17, 15) is 8.42 Å². The molecule has 0 fully saturated rings. The molecule has 1 heterocycles. The van der Waals surface area contributed by atoms with Crippen molar-refractivity contribution in [3.05, 3.63) is 18.3 Å². The molecule has 20 heavy (non-hydrogen) atoms. The monoisotopic (exact) mass is 299 g/mol. The number of nitrogens with one attached hydrogen (secondary N) is 2. The summed E-state index contributed by atoms with van der Waals surface area (Å²) in [5.41, 5.74) is 0.505. The number of aromatic nitrogens is 1. The van der Waals surface area contributed by atoms with E-state index in [1.54, 1.807) is 19.2 Å². The van der Waals surface area contributed by atoms with Crippen molar-refractivity contribution in [3.63, 3.8) is 0 Å². The molecule has 1 aromatic heterocycles. The molecule has 1 aromatic rings. The third kappa shape index (κ3) is 4.18. The van der Waals surface area contributed by atoms with Gasteiger partial charge in [0.25, 0.3) is 10.0 Å². The van der Waals surface area contributed by atoms with Crippen LogP contribution in [-0.2, 0) is 10.0 Å². The van der Waals surface area contributed by atoms with Crippen LogP contribution in [0.15, 0.2) is 23.4 Å². The molecule has 5 nitrogen and oxygen atoms in total. The van der Waals surface area contributed by atoms with Crippen molar-refractivity contribution < 1.29 is 8.42 Å². The fourth-order valence-electron chi connectivity index (χ4n) is 2.31. The Morgan fingerprint density at radius 1 is 1.20 bits per heavy atom. The highest BCUT2D eigenvalue weighted by Crippen LogP contribution is 2.21. The first-order valence-corrected chi connectivity index (χ1v) is 8.40. The lowest BCUT2D eigenvalue weighted by atomic mass is 9.86. The molecule has 0 radical (unpaired) electrons. The first kappa shape index (κ1) is 16.9. The third-order valence-electron chi connectivity index (χ3n) is 3.52. The summed E-state index contributed by atoms with van der Waals surface area (Å²) in [6, 6.07) is 3.40. The molecule has 0 spiro atoms. The zero-order valence-corrected chi connectivity index (χ0v) is 13.7. The quantitative estimate of drug-likeness (QED) is 0.810. The third-order valence-corrected chi connectivity index (χ3v) is 4.90. The number of pyridine rings is 1. The van der Waals surface area contributed by atoms with Gasteiger partial charge in [0.05, 0.1) is 5.69 Å². The van der Waals surface area contributed by atoms with Crippen molar-refractivity contribution in [1.82, 2.24) is 9.71 Å². The summed E-state index contributed by atoms with van der Waals surface area (Å²) in [4.78, 5) is 3.98. The molecule has 0 saturated carbocycles. The predicted octanol–water partition coefficient (Wildman–Crippen LogP) is 2.33. The second-order valence-corrected chi connectivity index (χ2v) is 7.29. The highest BCUT2D eigenvalue weighted by Gasteiger charge is 2.23. The summed E-state index contributed by atoms with van der Waals surface area (Å²) >= 11 is 0. The first-order chi connectivity index (χ1) is 9.29. The molecule has 0 aliphatic rings.